The molecule has 0 spiro atoms. The molecular formula is CH9KNO9P3. The van der Waals surface area contributed by atoms with Crippen LogP contribution >= 0.6 is 22.8 Å². The van der Waals surface area contributed by atoms with Gasteiger partial charge in [0.05, 0.1) is 0 Å². The van der Waals surface area contributed by atoms with Crippen molar-refractivity contribution in [2.75, 3.05) is 0 Å². The molecule has 8 N–H and O–H groups in total. The molecule has 0 aromatic carbocycles. The summed E-state index contributed by atoms with van der Waals surface area (Å²) in [4.78, 5) is 50.5. The second-order valence-corrected chi connectivity index (χ2v) is 8.76. The van der Waals surface area contributed by atoms with Crippen LogP contribution in [0.3, 0.4) is 0 Å². The Bertz CT molecular complexity index is 304. The minimum atomic E-state index is -5.88. The fourth-order valence-corrected chi connectivity index (χ4v) is 4.58. The Morgan fingerprint density at radius 1 is 0.733 bits per heavy atom. The summed E-state index contributed by atoms with van der Waals surface area (Å²) in [6.07, 6.45) is 0. The van der Waals surface area contributed by atoms with Crippen molar-refractivity contribution in [3.05, 3.63) is 0 Å². The Morgan fingerprint density at radius 2 is 0.867 bits per heavy atom. The standard InChI is InChI=1S/CH8NO9P3.K.H/c2-1(12(3,4)5,13(6,7)8)14(9,10)11;;/h2H2,(H2,3,4,5)(H2,6,7,8)(H2,9,10,11);;. The number of hydrogen-bond acceptors (Lipinski definition) is 4. The summed E-state index contributed by atoms with van der Waals surface area (Å²) in [6, 6.07) is 0. The van der Waals surface area contributed by atoms with Crippen molar-refractivity contribution in [1.82, 2.24) is 0 Å². The first-order valence-corrected chi connectivity index (χ1v) is 7.54. The van der Waals surface area contributed by atoms with E-state index in [0.717, 1.165) is 0 Å². The Hall–Kier alpha value is 2.05. The van der Waals surface area contributed by atoms with Gasteiger partial charge >= 0.3 is 78.9 Å². The molecule has 0 unspecified atom stereocenters. The molecule has 0 aliphatic carbocycles. The van der Waals surface area contributed by atoms with Crippen molar-refractivity contribution < 1.29 is 43.1 Å². The van der Waals surface area contributed by atoms with Crippen molar-refractivity contribution in [3.8, 4) is 0 Å². The normalized spacial score (nSPS) is 14.6. The monoisotopic (exact) mass is 311 g/mol. The molecule has 0 saturated carbocycles. The van der Waals surface area contributed by atoms with Gasteiger partial charge in [-0.3, -0.25) is 19.4 Å². The maximum atomic E-state index is 10.5. The molecule has 88 valence electrons. The Morgan fingerprint density at radius 3 is 0.867 bits per heavy atom. The molecule has 0 fully saturated rings. The molecule has 0 amide bonds. The number of nitrogens with two attached hydrogens (primary N) is 1. The number of hydrogen-bond donors (Lipinski definition) is 7. The molecule has 0 atom stereocenters. The molecule has 14 heteroatoms. The van der Waals surface area contributed by atoms with Gasteiger partial charge in [-0.15, -0.1) is 0 Å². The van der Waals surface area contributed by atoms with E-state index in [0.29, 0.717) is 0 Å². The van der Waals surface area contributed by atoms with Gasteiger partial charge in [0.15, 0.2) is 0 Å². The van der Waals surface area contributed by atoms with E-state index in [1.807, 2.05) is 0 Å². The third-order valence-electron chi connectivity index (χ3n) is 1.29. The van der Waals surface area contributed by atoms with Crippen molar-refractivity contribution in [2.24, 2.45) is 5.73 Å². The van der Waals surface area contributed by atoms with E-state index >= 15 is 0 Å². The van der Waals surface area contributed by atoms with Crippen LogP contribution in [0.15, 0.2) is 0 Å². The minimum absolute atomic E-state index is 0. The summed E-state index contributed by atoms with van der Waals surface area (Å²) >= 11 is 0. The molecule has 0 saturated heterocycles. The molecule has 0 aliphatic heterocycles. The second kappa shape index (κ2) is 5.35. The molecule has 0 heterocycles. The zero-order valence-electron chi connectivity index (χ0n) is 6.33. The van der Waals surface area contributed by atoms with Gasteiger partial charge in [0.25, 0.3) is 0 Å². The maximum absolute atomic E-state index is 10.5. The summed E-state index contributed by atoms with van der Waals surface area (Å²) < 4.78 is 27.4. The van der Waals surface area contributed by atoms with Gasteiger partial charge in [0.1, 0.15) is 0 Å². The Balaban J connectivity index is 0. The molecule has 0 rings (SSSR count). The molecule has 0 aromatic heterocycles. The first kappa shape index (κ1) is 19.4. The Labute approximate surface area is 126 Å². The first-order chi connectivity index (χ1) is 5.75. The summed E-state index contributed by atoms with van der Waals surface area (Å²) in [5.74, 6) is 0. The molecule has 10 nitrogen and oxygen atoms in total. The van der Waals surface area contributed by atoms with Gasteiger partial charge in [-0.2, -0.15) is 0 Å². The van der Waals surface area contributed by atoms with E-state index in [9.17, 15) is 13.7 Å². The van der Waals surface area contributed by atoms with Gasteiger partial charge in [0.2, 0.25) is 0 Å². The topological polar surface area (TPSA) is 199 Å². The van der Waals surface area contributed by atoms with Crippen LogP contribution in [0.4, 0.5) is 0 Å². The number of rotatable bonds is 3. The van der Waals surface area contributed by atoms with E-state index in [1.54, 1.807) is 0 Å². The third-order valence-corrected chi connectivity index (χ3v) is 8.55. The average molecular weight is 311 g/mol. The fourth-order valence-electron chi connectivity index (χ4n) is 0.509. The van der Waals surface area contributed by atoms with Gasteiger partial charge in [0, 0.05) is 0 Å². The van der Waals surface area contributed by atoms with Crippen LogP contribution < -0.4 is 5.73 Å². The molecular weight excluding hydrogens is 302 g/mol. The molecule has 0 aromatic rings. The van der Waals surface area contributed by atoms with E-state index in [-0.39, 0.29) is 51.4 Å². The quantitative estimate of drug-likeness (QED) is 0.215. The van der Waals surface area contributed by atoms with Crippen LogP contribution in [-0.2, 0) is 13.7 Å². The zero-order valence-corrected chi connectivity index (χ0v) is 9.01. The second-order valence-electron chi connectivity index (χ2n) is 2.32. The van der Waals surface area contributed by atoms with Crippen LogP contribution in [0.25, 0.3) is 0 Å². The molecule has 15 heavy (non-hydrogen) atoms. The molecule has 0 radical (unpaired) electrons. The predicted octanol–water partition coefficient (Wildman–Crippen LogP) is -2.56. The van der Waals surface area contributed by atoms with Crippen LogP contribution in [0, 0.1) is 0 Å². The molecule has 0 bridgehead atoms. The fraction of sp³-hybridized carbons (Fsp3) is 1.00. The van der Waals surface area contributed by atoms with Crippen LogP contribution in [-0.4, -0.2) is 85.5 Å². The van der Waals surface area contributed by atoms with Crippen molar-refractivity contribution in [3.63, 3.8) is 0 Å². The van der Waals surface area contributed by atoms with Crippen molar-refractivity contribution >= 4 is 74.2 Å². The van der Waals surface area contributed by atoms with Crippen LogP contribution in [0.2, 0.25) is 0 Å². The van der Waals surface area contributed by atoms with Crippen LogP contribution in [0.5, 0.6) is 0 Å². The average Bonchev–Trinajstić information content (AvgIpc) is 1.77. The van der Waals surface area contributed by atoms with Crippen molar-refractivity contribution in [1.29, 1.82) is 0 Å². The van der Waals surface area contributed by atoms with Gasteiger partial charge in [-0.25, -0.2) is 0 Å². The Kier molecular flexibility index (Phi) is 6.92. The van der Waals surface area contributed by atoms with Gasteiger partial charge < -0.3 is 29.4 Å². The van der Waals surface area contributed by atoms with E-state index in [2.05, 4.69) is 5.73 Å². The zero-order chi connectivity index (χ0) is 12.0. The van der Waals surface area contributed by atoms with E-state index in [1.165, 1.54) is 0 Å². The van der Waals surface area contributed by atoms with Gasteiger partial charge in [-0.1, -0.05) is 0 Å². The summed E-state index contributed by atoms with van der Waals surface area (Å²) in [7, 11) is -17.6. The van der Waals surface area contributed by atoms with E-state index < -0.39 is 27.5 Å². The van der Waals surface area contributed by atoms with E-state index in [4.69, 9.17) is 29.4 Å². The van der Waals surface area contributed by atoms with Gasteiger partial charge in [-0.05, 0) is 0 Å². The van der Waals surface area contributed by atoms with Crippen molar-refractivity contribution in [2.45, 2.75) is 4.76 Å². The molecule has 0 aliphatic rings. The SMILES string of the molecule is NC(P(=O)(O)O)(P(=O)(O)O)P(=O)(O)O.[KH]. The summed E-state index contributed by atoms with van der Waals surface area (Å²) in [5, 5.41) is 0. The first-order valence-electron chi connectivity index (χ1n) is 2.71. The summed E-state index contributed by atoms with van der Waals surface area (Å²) in [6.45, 7) is 0. The predicted molar refractivity (Wildman–Crippen MR) is 50.2 cm³/mol. The summed E-state index contributed by atoms with van der Waals surface area (Å²) in [5.41, 5.74) is 4.44. The van der Waals surface area contributed by atoms with Crippen LogP contribution in [0.1, 0.15) is 0 Å². The third kappa shape index (κ3) is 3.75.